The molecule has 5 rings (SSSR count). The van der Waals surface area contributed by atoms with E-state index in [-0.39, 0.29) is 23.8 Å². The van der Waals surface area contributed by atoms with Gasteiger partial charge in [0.15, 0.2) is 0 Å². The quantitative estimate of drug-likeness (QED) is 0.587. The van der Waals surface area contributed by atoms with Gasteiger partial charge < -0.3 is 14.4 Å². The highest BCUT2D eigenvalue weighted by Gasteiger charge is 2.43. The number of halogens is 1. The number of methoxy groups -OCH3 is 1. The number of nitrogens with one attached hydrogen (secondary N) is 2. The van der Waals surface area contributed by atoms with Crippen LogP contribution >= 0.6 is 0 Å². The summed E-state index contributed by atoms with van der Waals surface area (Å²) in [5.74, 6) is 1.79. The molecule has 3 atom stereocenters. The molecule has 1 fully saturated rings. The minimum atomic E-state index is -0.171. The zero-order valence-corrected chi connectivity index (χ0v) is 18.3. The molecule has 2 aliphatic heterocycles. The van der Waals surface area contributed by atoms with Crippen LogP contribution in [0.2, 0.25) is 0 Å². The summed E-state index contributed by atoms with van der Waals surface area (Å²) in [6.07, 6.45) is 0. The summed E-state index contributed by atoms with van der Waals surface area (Å²) in [5, 5.41) is 0. The lowest BCUT2D eigenvalue weighted by Gasteiger charge is -2.39. The van der Waals surface area contributed by atoms with Crippen molar-refractivity contribution in [1.29, 1.82) is 0 Å². The molecule has 32 heavy (non-hydrogen) atoms. The van der Waals surface area contributed by atoms with Crippen LogP contribution in [0.25, 0.3) is 0 Å². The number of nitrogens with zero attached hydrogens (tertiary/aromatic N) is 1. The maximum atomic E-state index is 14.5. The largest absolute Gasteiger partial charge is 0.497 e. The summed E-state index contributed by atoms with van der Waals surface area (Å²) in [4.78, 5) is 2.28. The SMILES string of the molecule is CCOc1ccc(C2NNC3c4cc(OC)ccc4N(Cc4ccccc4F)CC23)cc1. The van der Waals surface area contributed by atoms with Crippen molar-refractivity contribution in [2.24, 2.45) is 5.92 Å². The Morgan fingerprint density at radius 3 is 2.47 bits per heavy atom. The Kier molecular flexibility index (Phi) is 5.72. The Hall–Kier alpha value is -3.09. The van der Waals surface area contributed by atoms with Crippen LogP contribution in [0, 0.1) is 11.7 Å². The molecule has 1 saturated heterocycles. The van der Waals surface area contributed by atoms with Gasteiger partial charge in [0.2, 0.25) is 0 Å². The van der Waals surface area contributed by atoms with Crippen LogP contribution in [-0.4, -0.2) is 20.3 Å². The third-order valence-electron chi connectivity index (χ3n) is 6.46. The lowest BCUT2D eigenvalue weighted by atomic mass is 9.82. The van der Waals surface area contributed by atoms with E-state index >= 15 is 0 Å². The van der Waals surface area contributed by atoms with Crippen molar-refractivity contribution in [3.8, 4) is 11.5 Å². The van der Waals surface area contributed by atoms with Gasteiger partial charge in [0, 0.05) is 30.3 Å². The first-order chi connectivity index (χ1) is 15.7. The van der Waals surface area contributed by atoms with Crippen LogP contribution in [0.15, 0.2) is 66.7 Å². The molecule has 5 nitrogen and oxygen atoms in total. The van der Waals surface area contributed by atoms with E-state index in [1.807, 2.05) is 37.3 Å². The Labute approximate surface area is 188 Å². The third kappa shape index (κ3) is 3.80. The van der Waals surface area contributed by atoms with E-state index in [2.05, 4.69) is 40.0 Å². The number of hydrogen-bond donors (Lipinski definition) is 2. The topological polar surface area (TPSA) is 45.8 Å². The summed E-state index contributed by atoms with van der Waals surface area (Å²) in [5.41, 5.74) is 11.2. The number of fused-ring (bicyclic) bond motifs is 3. The average Bonchev–Trinajstić information content (AvgIpc) is 3.25. The van der Waals surface area contributed by atoms with Gasteiger partial charge in [0.05, 0.1) is 25.8 Å². The van der Waals surface area contributed by atoms with E-state index in [4.69, 9.17) is 9.47 Å². The van der Waals surface area contributed by atoms with Crippen molar-refractivity contribution >= 4 is 5.69 Å². The average molecular weight is 434 g/mol. The summed E-state index contributed by atoms with van der Waals surface area (Å²) in [7, 11) is 1.68. The number of ether oxygens (including phenoxy) is 2. The zero-order chi connectivity index (χ0) is 22.1. The van der Waals surface area contributed by atoms with E-state index < -0.39 is 0 Å². The summed E-state index contributed by atoms with van der Waals surface area (Å²) >= 11 is 0. The van der Waals surface area contributed by atoms with Gasteiger partial charge >= 0.3 is 0 Å². The van der Waals surface area contributed by atoms with Crippen LogP contribution in [0.1, 0.15) is 35.7 Å². The molecule has 0 aliphatic carbocycles. The number of rotatable bonds is 6. The van der Waals surface area contributed by atoms with Crippen LogP contribution in [0.3, 0.4) is 0 Å². The van der Waals surface area contributed by atoms with Gasteiger partial charge in [-0.15, -0.1) is 0 Å². The minimum Gasteiger partial charge on any atom is -0.497 e. The molecule has 2 aliphatic rings. The zero-order valence-electron chi connectivity index (χ0n) is 18.3. The highest BCUT2D eigenvalue weighted by atomic mass is 19.1. The molecule has 2 heterocycles. The summed E-state index contributed by atoms with van der Waals surface area (Å²) in [6.45, 7) is 3.96. The highest BCUT2D eigenvalue weighted by molar-refractivity contribution is 5.61. The molecule has 0 saturated carbocycles. The minimum absolute atomic E-state index is 0.123. The molecule has 3 unspecified atom stereocenters. The van der Waals surface area contributed by atoms with E-state index in [9.17, 15) is 4.39 Å². The fourth-order valence-corrected chi connectivity index (χ4v) is 4.91. The summed E-state index contributed by atoms with van der Waals surface area (Å²) < 4.78 is 25.6. The van der Waals surface area contributed by atoms with Gasteiger partial charge in [-0.3, -0.25) is 0 Å². The predicted octanol–water partition coefficient (Wildman–Crippen LogP) is 4.76. The molecule has 2 N–H and O–H groups in total. The van der Waals surface area contributed by atoms with Gasteiger partial charge in [0.1, 0.15) is 17.3 Å². The van der Waals surface area contributed by atoms with Crippen molar-refractivity contribution in [1.82, 2.24) is 10.9 Å². The van der Waals surface area contributed by atoms with Crippen molar-refractivity contribution in [3.63, 3.8) is 0 Å². The third-order valence-corrected chi connectivity index (χ3v) is 6.46. The standard InChI is InChI=1S/C26H28FN3O2/c1-3-32-19-10-8-17(9-11-19)25-22-16-30(15-18-6-4-5-7-23(18)27)24-13-12-20(31-2)14-21(24)26(22)29-28-25/h4-14,22,25-26,28-29H,3,15-16H2,1-2H3. The number of benzene rings is 3. The molecular weight excluding hydrogens is 405 g/mol. The first kappa shape index (κ1) is 20.8. The normalized spacial score (nSPS) is 21.7. The van der Waals surface area contributed by atoms with E-state index in [1.165, 1.54) is 11.6 Å². The molecule has 3 aromatic rings. The molecule has 0 radical (unpaired) electrons. The molecule has 0 amide bonds. The number of anilines is 1. The first-order valence-corrected chi connectivity index (χ1v) is 11.1. The molecule has 0 bridgehead atoms. The lowest BCUT2D eigenvalue weighted by Crippen LogP contribution is -2.39. The van der Waals surface area contributed by atoms with Crippen LogP contribution < -0.4 is 25.2 Å². The van der Waals surface area contributed by atoms with Crippen LogP contribution in [0.4, 0.5) is 10.1 Å². The Bertz CT molecular complexity index is 1090. The van der Waals surface area contributed by atoms with Crippen LogP contribution in [-0.2, 0) is 6.54 Å². The Balaban J connectivity index is 1.49. The Morgan fingerprint density at radius 2 is 1.72 bits per heavy atom. The number of hydrazine groups is 1. The second-order valence-electron chi connectivity index (χ2n) is 8.31. The first-order valence-electron chi connectivity index (χ1n) is 11.1. The monoisotopic (exact) mass is 433 g/mol. The van der Waals surface area contributed by atoms with Crippen molar-refractivity contribution in [2.45, 2.75) is 25.6 Å². The second-order valence-corrected chi connectivity index (χ2v) is 8.31. The fourth-order valence-electron chi connectivity index (χ4n) is 4.91. The fraction of sp³-hybridized carbons (Fsp3) is 0.308. The molecule has 166 valence electrons. The maximum Gasteiger partial charge on any atom is 0.128 e. The summed E-state index contributed by atoms with van der Waals surface area (Å²) in [6, 6.07) is 21.7. The van der Waals surface area contributed by atoms with Gasteiger partial charge in [0.25, 0.3) is 0 Å². The van der Waals surface area contributed by atoms with Gasteiger partial charge in [-0.2, -0.15) is 0 Å². The van der Waals surface area contributed by atoms with E-state index in [1.54, 1.807) is 13.2 Å². The van der Waals surface area contributed by atoms with Crippen molar-refractivity contribution in [3.05, 3.63) is 89.2 Å². The van der Waals surface area contributed by atoms with Crippen molar-refractivity contribution < 1.29 is 13.9 Å². The Morgan fingerprint density at radius 1 is 0.969 bits per heavy atom. The molecule has 3 aromatic carbocycles. The highest BCUT2D eigenvalue weighted by Crippen LogP contribution is 2.46. The maximum absolute atomic E-state index is 14.5. The van der Waals surface area contributed by atoms with Crippen LogP contribution in [0.5, 0.6) is 11.5 Å². The molecule has 6 heteroatoms. The van der Waals surface area contributed by atoms with E-state index in [0.717, 1.165) is 29.3 Å². The number of hydrogen-bond acceptors (Lipinski definition) is 5. The molecular formula is C26H28FN3O2. The second kappa shape index (κ2) is 8.81. The van der Waals surface area contributed by atoms with Crippen molar-refractivity contribution in [2.75, 3.05) is 25.2 Å². The molecule has 0 aromatic heterocycles. The predicted molar refractivity (Wildman–Crippen MR) is 123 cm³/mol. The van der Waals surface area contributed by atoms with E-state index in [0.29, 0.717) is 18.7 Å². The molecule has 0 spiro atoms. The van der Waals surface area contributed by atoms with Gasteiger partial charge in [-0.25, -0.2) is 15.2 Å². The smallest absolute Gasteiger partial charge is 0.128 e. The lowest BCUT2D eigenvalue weighted by molar-refractivity contribution is 0.339. The van der Waals surface area contributed by atoms with Gasteiger partial charge in [-0.1, -0.05) is 30.3 Å². The van der Waals surface area contributed by atoms with Gasteiger partial charge in [-0.05, 0) is 54.4 Å².